The highest BCUT2D eigenvalue weighted by Crippen LogP contribution is 2.53. The lowest BCUT2D eigenvalue weighted by atomic mass is 9.58. The van der Waals surface area contributed by atoms with Crippen molar-refractivity contribution in [1.29, 1.82) is 0 Å². The summed E-state index contributed by atoms with van der Waals surface area (Å²) in [4.78, 5) is 58.3. The van der Waals surface area contributed by atoms with Gasteiger partial charge in [-0.15, -0.1) is 0 Å². The first-order valence-corrected chi connectivity index (χ1v) is 7.77. The fourth-order valence-corrected chi connectivity index (χ4v) is 3.76. The molecule has 0 aliphatic heterocycles. The number of hydrogen-bond donors (Lipinski definition) is 5. The number of benzene rings is 1. The van der Waals surface area contributed by atoms with Gasteiger partial charge in [-0.3, -0.25) is 24.0 Å². The minimum absolute atomic E-state index is 0.122. The molecule has 1 aromatic rings. The van der Waals surface area contributed by atoms with Crippen molar-refractivity contribution in [1.82, 2.24) is 0 Å². The van der Waals surface area contributed by atoms with Gasteiger partial charge in [0.25, 0.3) is 0 Å². The van der Waals surface area contributed by atoms with E-state index in [1.807, 2.05) is 0 Å². The molecule has 144 valence electrons. The van der Waals surface area contributed by atoms with E-state index in [9.17, 15) is 44.4 Å². The first-order chi connectivity index (χ1) is 12.5. The van der Waals surface area contributed by atoms with E-state index in [0.717, 1.165) is 0 Å². The summed E-state index contributed by atoms with van der Waals surface area (Å²) in [5.41, 5.74) is -2.86. The van der Waals surface area contributed by atoms with Crippen LogP contribution in [0.25, 0.3) is 0 Å². The number of carboxylic acid groups (broad SMARTS) is 5. The highest BCUT2D eigenvalue weighted by atomic mass is 16.4. The molecule has 2 rings (SSSR count). The van der Waals surface area contributed by atoms with E-state index in [1.54, 1.807) is 0 Å². The average molecular weight is 380 g/mol. The van der Waals surface area contributed by atoms with Gasteiger partial charge in [0.1, 0.15) is 5.92 Å². The third kappa shape index (κ3) is 3.21. The highest BCUT2D eigenvalue weighted by molar-refractivity contribution is 6.05. The molecule has 0 spiro atoms. The summed E-state index contributed by atoms with van der Waals surface area (Å²) < 4.78 is 0. The normalized spacial score (nSPS) is 21.5. The van der Waals surface area contributed by atoms with E-state index in [-0.39, 0.29) is 11.1 Å². The third-order valence-electron chi connectivity index (χ3n) is 4.95. The van der Waals surface area contributed by atoms with Crippen molar-refractivity contribution in [2.45, 2.75) is 24.7 Å². The average Bonchev–Trinajstić information content (AvgIpc) is 2.57. The molecule has 3 atom stereocenters. The Kier molecular flexibility index (Phi) is 5.20. The van der Waals surface area contributed by atoms with Crippen LogP contribution in [0.3, 0.4) is 0 Å². The quantitative estimate of drug-likeness (QED) is 0.421. The van der Waals surface area contributed by atoms with E-state index in [1.165, 1.54) is 24.3 Å². The van der Waals surface area contributed by atoms with Crippen molar-refractivity contribution in [3.8, 4) is 0 Å². The van der Waals surface area contributed by atoms with Crippen LogP contribution in [0.5, 0.6) is 0 Å². The van der Waals surface area contributed by atoms with Crippen LogP contribution in [0.2, 0.25) is 0 Å². The first-order valence-electron chi connectivity index (χ1n) is 7.77. The second-order valence-electron chi connectivity index (χ2n) is 6.34. The van der Waals surface area contributed by atoms with Gasteiger partial charge < -0.3 is 25.5 Å². The van der Waals surface area contributed by atoms with Gasteiger partial charge in [0.15, 0.2) is 5.41 Å². The molecule has 1 aliphatic carbocycles. The molecule has 27 heavy (non-hydrogen) atoms. The van der Waals surface area contributed by atoms with Gasteiger partial charge in [0.05, 0.1) is 12.3 Å². The standard InChI is InChI=1S/C17H16O10/c18-11(19)5-9(13(20)21)10-6-17(15(24)25,16(26)27)12(14(22)23)8-4-2-1-3-7(8)10/h1-4,9-10,12H,5-6H2,(H,18,19)(H,20,21)(H,22,23)(H,24,25)(H,26,27). The van der Waals surface area contributed by atoms with Crippen LogP contribution in [0.4, 0.5) is 0 Å². The monoisotopic (exact) mass is 380 g/mol. The lowest BCUT2D eigenvalue weighted by Gasteiger charge is -2.42. The molecule has 5 N–H and O–H groups in total. The van der Waals surface area contributed by atoms with Gasteiger partial charge in [-0.1, -0.05) is 24.3 Å². The third-order valence-corrected chi connectivity index (χ3v) is 4.95. The van der Waals surface area contributed by atoms with Crippen LogP contribution < -0.4 is 0 Å². The predicted molar refractivity (Wildman–Crippen MR) is 85.3 cm³/mol. The molecule has 10 heteroatoms. The summed E-state index contributed by atoms with van der Waals surface area (Å²) >= 11 is 0. The molecular formula is C17H16O10. The lowest BCUT2D eigenvalue weighted by molar-refractivity contribution is -0.175. The second kappa shape index (κ2) is 7.06. The molecule has 0 saturated heterocycles. The molecule has 0 aromatic heterocycles. The molecule has 1 aliphatic rings. The van der Waals surface area contributed by atoms with E-state index >= 15 is 0 Å². The molecule has 0 radical (unpaired) electrons. The fourth-order valence-electron chi connectivity index (χ4n) is 3.76. The Labute approximate surface area is 151 Å². The predicted octanol–water partition coefficient (Wildman–Crippen LogP) is 0.673. The maximum Gasteiger partial charge on any atom is 0.322 e. The van der Waals surface area contributed by atoms with Gasteiger partial charge in [-0.25, -0.2) is 0 Å². The highest BCUT2D eigenvalue weighted by Gasteiger charge is 2.62. The van der Waals surface area contributed by atoms with Crippen molar-refractivity contribution in [3.05, 3.63) is 35.4 Å². The second-order valence-corrected chi connectivity index (χ2v) is 6.34. The minimum Gasteiger partial charge on any atom is -0.481 e. The summed E-state index contributed by atoms with van der Waals surface area (Å²) in [6.45, 7) is 0. The Bertz CT molecular complexity index is 813. The molecule has 0 amide bonds. The van der Waals surface area contributed by atoms with Crippen molar-refractivity contribution in [3.63, 3.8) is 0 Å². The number of carbonyl (C=O) groups is 5. The zero-order valence-corrected chi connectivity index (χ0v) is 13.7. The van der Waals surface area contributed by atoms with Crippen molar-refractivity contribution in [2.24, 2.45) is 11.3 Å². The number of carboxylic acids is 5. The van der Waals surface area contributed by atoms with Crippen LogP contribution in [0.1, 0.15) is 35.8 Å². The Balaban J connectivity index is 2.80. The van der Waals surface area contributed by atoms with Crippen LogP contribution in [-0.4, -0.2) is 55.4 Å². The zero-order valence-electron chi connectivity index (χ0n) is 13.7. The van der Waals surface area contributed by atoms with Crippen LogP contribution in [0, 0.1) is 11.3 Å². The number of hydrogen-bond acceptors (Lipinski definition) is 5. The SMILES string of the molecule is O=C(O)CC(C(=O)O)C1CC(C(=O)O)(C(=O)O)C(C(=O)O)c2ccccc21. The smallest absolute Gasteiger partial charge is 0.322 e. The molecule has 10 nitrogen and oxygen atoms in total. The fraction of sp³-hybridized carbons (Fsp3) is 0.353. The van der Waals surface area contributed by atoms with E-state index < -0.39 is 65.9 Å². The van der Waals surface area contributed by atoms with Crippen molar-refractivity contribution in [2.75, 3.05) is 0 Å². The lowest BCUT2D eigenvalue weighted by Crippen LogP contribution is -2.52. The van der Waals surface area contributed by atoms with Crippen LogP contribution in [-0.2, 0) is 24.0 Å². The van der Waals surface area contributed by atoms with E-state index in [4.69, 9.17) is 5.11 Å². The summed E-state index contributed by atoms with van der Waals surface area (Å²) in [5, 5.41) is 47.3. The van der Waals surface area contributed by atoms with Crippen LogP contribution >= 0.6 is 0 Å². The van der Waals surface area contributed by atoms with Crippen molar-refractivity contribution >= 4 is 29.8 Å². The summed E-state index contributed by atoms with van der Waals surface area (Å²) in [5.74, 6) is -13.4. The van der Waals surface area contributed by atoms with E-state index in [2.05, 4.69) is 0 Å². The Hall–Kier alpha value is -3.43. The van der Waals surface area contributed by atoms with E-state index in [0.29, 0.717) is 0 Å². The zero-order chi connectivity index (χ0) is 20.5. The van der Waals surface area contributed by atoms with Crippen molar-refractivity contribution < 1.29 is 49.5 Å². The van der Waals surface area contributed by atoms with Crippen LogP contribution in [0.15, 0.2) is 24.3 Å². The van der Waals surface area contributed by atoms with Gasteiger partial charge in [-0.2, -0.15) is 0 Å². The Morgan fingerprint density at radius 2 is 1.44 bits per heavy atom. The van der Waals surface area contributed by atoms with Gasteiger partial charge in [-0.05, 0) is 23.5 Å². The maximum absolute atomic E-state index is 11.9. The molecule has 0 heterocycles. The minimum atomic E-state index is -2.84. The molecule has 1 aromatic carbocycles. The molecule has 0 saturated carbocycles. The molecular weight excluding hydrogens is 364 g/mol. The maximum atomic E-state index is 11.9. The summed E-state index contributed by atoms with van der Waals surface area (Å²) in [6, 6.07) is 5.42. The number of fused-ring (bicyclic) bond motifs is 1. The molecule has 0 bridgehead atoms. The number of aliphatic carboxylic acids is 5. The van der Waals surface area contributed by atoms with Gasteiger partial charge >= 0.3 is 29.8 Å². The Morgan fingerprint density at radius 3 is 1.85 bits per heavy atom. The largest absolute Gasteiger partial charge is 0.481 e. The molecule has 3 unspecified atom stereocenters. The summed E-state index contributed by atoms with van der Waals surface area (Å²) in [6.07, 6.45) is -1.74. The van der Waals surface area contributed by atoms with Gasteiger partial charge in [0, 0.05) is 0 Å². The van der Waals surface area contributed by atoms with Gasteiger partial charge in [0.2, 0.25) is 0 Å². The first kappa shape index (κ1) is 19.9. The summed E-state index contributed by atoms with van der Waals surface area (Å²) in [7, 11) is 0. The topological polar surface area (TPSA) is 186 Å². The molecule has 0 fully saturated rings. The number of rotatable bonds is 7. The Morgan fingerprint density at radius 1 is 0.926 bits per heavy atom.